The number of primary amides is 1. The van der Waals surface area contributed by atoms with E-state index in [1.54, 1.807) is 6.08 Å². The van der Waals surface area contributed by atoms with Crippen LogP contribution in [-0.4, -0.2) is 16.1 Å². The number of amides is 1. The van der Waals surface area contributed by atoms with E-state index in [-0.39, 0.29) is 5.57 Å². The van der Waals surface area contributed by atoms with Gasteiger partial charge in [-0.25, -0.2) is 0 Å². The van der Waals surface area contributed by atoms with Gasteiger partial charge in [-0.1, -0.05) is 36.9 Å². The fourth-order valence-electron chi connectivity index (χ4n) is 2.90. The second kappa shape index (κ2) is 6.04. The fourth-order valence-corrected chi connectivity index (χ4v) is 2.90. The molecule has 1 amide bonds. The molecule has 23 heavy (non-hydrogen) atoms. The van der Waals surface area contributed by atoms with Gasteiger partial charge in [0.2, 0.25) is 0 Å². The first kappa shape index (κ1) is 15.0. The van der Waals surface area contributed by atoms with Crippen molar-refractivity contribution in [1.29, 1.82) is 0 Å². The molecule has 1 fully saturated rings. The average Bonchev–Trinajstić information content (AvgIpc) is 3.36. The summed E-state index contributed by atoms with van der Waals surface area (Å²) in [5, 5.41) is 8.21. The molecule has 1 unspecified atom stereocenters. The lowest BCUT2D eigenvalue weighted by Gasteiger charge is -2.08. The summed E-state index contributed by atoms with van der Waals surface area (Å²) < 4.78 is 0. The number of hydrogen-bond acceptors (Lipinski definition) is 4. The molecule has 4 N–H and O–H groups in total. The van der Waals surface area contributed by atoms with Crippen LogP contribution in [0.1, 0.15) is 40.8 Å². The Bertz CT molecular complexity index is 783. The lowest BCUT2D eigenvalue weighted by molar-refractivity contribution is -0.112. The molecule has 0 radical (unpaired) electrons. The van der Waals surface area contributed by atoms with Gasteiger partial charge in [0.25, 0.3) is 5.91 Å². The molecule has 0 bridgehead atoms. The maximum Gasteiger partial charge on any atom is 0.252 e. The van der Waals surface area contributed by atoms with E-state index in [1.165, 1.54) is 11.8 Å². The van der Waals surface area contributed by atoms with Gasteiger partial charge in [0, 0.05) is 6.20 Å². The molecule has 1 aromatic carbocycles. The summed E-state index contributed by atoms with van der Waals surface area (Å²) in [5.41, 5.74) is 14.5. The quantitative estimate of drug-likeness (QED) is 0.828. The molecule has 5 heteroatoms. The maximum atomic E-state index is 11.5. The van der Waals surface area contributed by atoms with Crippen molar-refractivity contribution in [1.82, 2.24) is 10.2 Å². The van der Waals surface area contributed by atoms with Gasteiger partial charge in [-0.3, -0.25) is 4.79 Å². The van der Waals surface area contributed by atoms with Crippen LogP contribution >= 0.6 is 0 Å². The van der Waals surface area contributed by atoms with Crippen molar-refractivity contribution >= 4 is 17.6 Å². The van der Waals surface area contributed by atoms with E-state index >= 15 is 0 Å². The number of hydrogen-bond donors (Lipinski definition) is 2. The third-order valence-corrected chi connectivity index (χ3v) is 4.17. The third-order valence-electron chi connectivity index (χ3n) is 4.17. The van der Waals surface area contributed by atoms with E-state index in [1.807, 2.05) is 24.3 Å². The predicted octanol–water partition coefficient (Wildman–Crippen LogP) is 2.18. The van der Waals surface area contributed by atoms with Gasteiger partial charge >= 0.3 is 0 Å². The lowest BCUT2D eigenvalue weighted by atomic mass is 10.0. The van der Waals surface area contributed by atoms with E-state index in [0.717, 1.165) is 17.7 Å². The van der Waals surface area contributed by atoms with Gasteiger partial charge in [0.1, 0.15) is 5.69 Å². The standard InChI is InChI=1S/C18H18N4O/c1-2-16-14(9-17(22-21-16)15(10-19)18(20)23)13-8-12(13)11-6-4-3-5-7-11/h2-7,9-10,12-13H,1,8,19H2,(H2,20,23)/b15-10-/t12-,13?/m1/s1. The van der Waals surface area contributed by atoms with Gasteiger partial charge in [0.15, 0.2) is 0 Å². The molecule has 1 heterocycles. The predicted molar refractivity (Wildman–Crippen MR) is 90.0 cm³/mol. The molecule has 1 aromatic heterocycles. The van der Waals surface area contributed by atoms with Crippen LogP contribution in [0.15, 0.2) is 49.2 Å². The Morgan fingerprint density at radius 2 is 1.96 bits per heavy atom. The SMILES string of the molecule is C=Cc1nnc(/C(=C/N)C(N)=O)cc1C1C[C@@H]1c1ccccc1. The van der Waals surface area contributed by atoms with Crippen molar-refractivity contribution in [2.24, 2.45) is 11.5 Å². The number of carbonyl (C=O) groups excluding carboxylic acids is 1. The molecule has 2 atom stereocenters. The zero-order valence-electron chi connectivity index (χ0n) is 12.6. The number of nitrogens with two attached hydrogens (primary N) is 2. The van der Waals surface area contributed by atoms with Crippen molar-refractivity contribution in [3.63, 3.8) is 0 Å². The first-order valence-corrected chi connectivity index (χ1v) is 7.42. The minimum atomic E-state index is -0.616. The highest BCUT2D eigenvalue weighted by Crippen LogP contribution is 2.55. The second-order valence-corrected chi connectivity index (χ2v) is 5.58. The van der Waals surface area contributed by atoms with Crippen LogP contribution in [0.5, 0.6) is 0 Å². The number of carbonyl (C=O) groups is 1. The summed E-state index contributed by atoms with van der Waals surface area (Å²) in [5.74, 6) is 0.173. The molecule has 5 nitrogen and oxygen atoms in total. The summed E-state index contributed by atoms with van der Waals surface area (Å²) in [4.78, 5) is 11.5. The summed E-state index contributed by atoms with van der Waals surface area (Å²) in [6, 6.07) is 12.2. The Morgan fingerprint density at radius 3 is 2.57 bits per heavy atom. The molecular formula is C18H18N4O. The van der Waals surface area contributed by atoms with E-state index in [4.69, 9.17) is 11.5 Å². The third kappa shape index (κ3) is 2.85. The Balaban J connectivity index is 1.96. The van der Waals surface area contributed by atoms with Crippen LogP contribution in [-0.2, 0) is 4.79 Å². The highest BCUT2D eigenvalue weighted by molar-refractivity contribution is 6.17. The Morgan fingerprint density at radius 1 is 1.22 bits per heavy atom. The average molecular weight is 306 g/mol. The van der Waals surface area contributed by atoms with E-state index in [0.29, 0.717) is 17.5 Å². The van der Waals surface area contributed by atoms with Crippen LogP contribution < -0.4 is 11.5 Å². The topological polar surface area (TPSA) is 94.9 Å². The van der Waals surface area contributed by atoms with E-state index in [2.05, 4.69) is 28.9 Å². The number of benzene rings is 1. The number of aromatic nitrogens is 2. The molecule has 1 aliphatic carbocycles. The summed E-state index contributed by atoms with van der Waals surface area (Å²) >= 11 is 0. The molecule has 2 aromatic rings. The lowest BCUT2D eigenvalue weighted by Crippen LogP contribution is -2.16. The highest BCUT2D eigenvalue weighted by Gasteiger charge is 2.41. The largest absolute Gasteiger partial charge is 0.404 e. The van der Waals surface area contributed by atoms with Gasteiger partial charge in [-0.2, -0.15) is 5.10 Å². The first-order valence-electron chi connectivity index (χ1n) is 7.42. The monoisotopic (exact) mass is 306 g/mol. The van der Waals surface area contributed by atoms with Gasteiger partial charge in [0.05, 0.1) is 11.3 Å². The normalized spacial score (nSPS) is 20.1. The number of nitrogens with zero attached hydrogens (tertiary/aromatic N) is 2. The van der Waals surface area contributed by atoms with Crippen molar-refractivity contribution in [3.8, 4) is 0 Å². The molecule has 0 saturated heterocycles. The van der Waals surface area contributed by atoms with E-state index < -0.39 is 5.91 Å². The highest BCUT2D eigenvalue weighted by atomic mass is 16.1. The van der Waals surface area contributed by atoms with Crippen molar-refractivity contribution in [2.75, 3.05) is 0 Å². The van der Waals surface area contributed by atoms with E-state index in [9.17, 15) is 4.79 Å². The van der Waals surface area contributed by atoms with Crippen LogP contribution in [0.25, 0.3) is 11.6 Å². The second-order valence-electron chi connectivity index (χ2n) is 5.58. The van der Waals surface area contributed by atoms with Gasteiger partial charge in [-0.05, 0) is 41.5 Å². The van der Waals surface area contributed by atoms with Gasteiger partial charge in [-0.15, -0.1) is 5.10 Å². The van der Waals surface area contributed by atoms with Gasteiger partial charge < -0.3 is 11.5 Å². The van der Waals surface area contributed by atoms with Crippen molar-refractivity contribution in [3.05, 3.63) is 71.7 Å². The van der Waals surface area contributed by atoms with Crippen molar-refractivity contribution in [2.45, 2.75) is 18.3 Å². The Labute approximate surface area is 134 Å². The molecule has 1 aliphatic rings. The maximum absolute atomic E-state index is 11.5. The smallest absolute Gasteiger partial charge is 0.252 e. The molecule has 0 spiro atoms. The molecule has 1 saturated carbocycles. The number of rotatable bonds is 5. The minimum absolute atomic E-state index is 0.172. The zero-order chi connectivity index (χ0) is 16.4. The first-order chi connectivity index (χ1) is 11.2. The fraction of sp³-hybridized carbons (Fsp3) is 0.167. The molecule has 0 aliphatic heterocycles. The minimum Gasteiger partial charge on any atom is -0.404 e. The molecular weight excluding hydrogens is 288 g/mol. The van der Waals surface area contributed by atoms with Crippen molar-refractivity contribution < 1.29 is 4.79 Å². The molecule has 3 rings (SSSR count). The zero-order valence-corrected chi connectivity index (χ0v) is 12.6. The van der Waals surface area contributed by atoms with Crippen LogP contribution in [0.3, 0.4) is 0 Å². The van der Waals surface area contributed by atoms with Crippen LogP contribution in [0.4, 0.5) is 0 Å². The summed E-state index contributed by atoms with van der Waals surface area (Å²) in [7, 11) is 0. The van der Waals surface area contributed by atoms with Crippen LogP contribution in [0, 0.1) is 0 Å². The Hall–Kier alpha value is -2.95. The summed E-state index contributed by atoms with van der Waals surface area (Å²) in [6.07, 6.45) is 3.89. The molecule has 116 valence electrons. The van der Waals surface area contributed by atoms with Crippen LogP contribution in [0.2, 0.25) is 0 Å². The Kier molecular flexibility index (Phi) is 3.93. The summed E-state index contributed by atoms with van der Waals surface area (Å²) in [6.45, 7) is 3.80.